The van der Waals surface area contributed by atoms with Crippen molar-refractivity contribution in [2.24, 2.45) is 5.92 Å². The molecule has 154 valence electrons. The molecule has 1 aliphatic heterocycles. The summed E-state index contributed by atoms with van der Waals surface area (Å²) in [6.45, 7) is 1.50. The standard InChI is InChI=1S/C18H14ClF3N2O4S/c1-10-9-29(27,28)24(17(10)26)13-5-2-11(3-6-13)16(25)23-15-8-12(18(20,21)22)4-7-14(15)19/h2-8,10H,9H2,1H3,(H,23,25). The number of alkyl halides is 3. The van der Waals surface area contributed by atoms with Gasteiger partial charge < -0.3 is 5.32 Å². The van der Waals surface area contributed by atoms with E-state index >= 15 is 0 Å². The van der Waals surface area contributed by atoms with Gasteiger partial charge in [-0.05, 0) is 42.5 Å². The highest BCUT2D eigenvalue weighted by atomic mass is 35.5. The second-order valence-electron chi connectivity index (χ2n) is 6.48. The molecule has 1 fully saturated rings. The lowest BCUT2D eigenvalue weighted by atomic mass is 10.1. The van der Waals surface area contributed by atoms with Crippen LogP contribution in [-0.4, -0.2) is 26.0 Å². The SMILES string of the molecule is CC1CS(=O)(=O)N(c2ccc(C(=O)Nc3cc(C(F)(F)F)ccc3Cl)cc2)C1=O. The summed E-state index contributed by atoms with van der Waals surface area (Å²) in [7, 11) is -3.79. The van der Waals surface area contributed by atoms with Gasteiger partial charge in [0.2, 0.25) is 15.9 Å². The third kappa shape index (κ3) is 4.23. The number of hydrogen-bond acceptors (Lipinski definition) is 4. The summed E-state index contributed by atoms with van der Waals surface area (Å²) >= 11 is 5.86. The summed E-state index contributed by atoms with van der Waals surface area (Å²) in [5, 5.41) is 2.21. The summed E-state index contributed by atoms with van der Waals surface area (Å²) in [6.07, 6.45) is -4.60. The van der Waals surface area contributed by atoms with Crippen LogP contribution in [0.2, 0.25) is 5.02 Å². The van der Waals surface area contributed by atoms with E-state index in [2.05, 4.69) is 5.32 Å². The molecular formula is C18H14ClF3N2O4S. The molecule has 0 spiro atoms. The first-order valence-electron chi connectivity index (χ1n) is 8.25. The van der Waals surface area contributed by atoms with Crippen LogP contribution in [0.5, 0.6) is 0 Å². The third-order valence-corrected chi connectivity index (χ3v) is 6.46. The third-order valence-electron chi connectivity index (χ3n) is 4.27. The number of nitrogens with one attached hydrogen (secondary N) is 1. The van der Waals surface area contributed by atoms with Gasteiger partial charge in [-0.25, -0.2) is 12.7 Å². The Morgan fingerprint density at radius 3 is 2.31 bits per heavy atom. The predicted molar refractivity (Wildman–Crippen MR) is 101 cm³/mol. The number of amides is 2. The highest BCUT2D eigenvalue weighted by molar-refractivity contribution is 7.94. The van der Waals surface area contributed by atoms with Crippen LogP contribution in [0.15, 0.2) is 42.5 Å². The van der Waals surface area contributed by atoms with E-state index in [1.165, 1.54) is 31.2 Å². The first-order valence-corrected chi connectivity index (χ1v) is 10.2. The maximum atomic E-state index is 12.8. The molecule has 2 amide bonds. The van der Waals surface area contributed by atoms with Gasteiger partial charge in [-0.15, -0.1) is 0 Å². The molecule has 1 N–H and O–H groups in total. The van der Waals surface area contributed by atoms with Gasteiger partial charge in [0.05, 0.1) is 33.6 Å². The number of hydrogen-bond donors (Lipinski definition) is 1. The maximum absolute atomic E-state index is 12.8. The minimum atomic E-state index is -4.60. The number of anilines is 2. The van der Waals surface area contributed by atoms with Crippen molar-refractivity contribution in [2.45, 2.75) is 13.1 Å². The lowest BCUT2D eigenvalue weighted by molar-refractivity contribution is -0.137. The van der Waals surface area contributed by atoms with Crippen LogP contribution in [0.25, 0.3) is 0 Å². The van der Waals surface area contributed by atoms with Crippen LogP contribution in [-0.2, 0) is 21.0 Å². The van der Waals surface area contributed by atoms with Crippen molar-refractivity contribution in [3.63, 3.8) is 0 Å². The van der Waals surface area contributed by atoms with Crippen molar-refractivity contribution in [3.05, 3.63) is 58.6 Å². The summed E-state index contributed by atoms with van der Waals surface area (Å²) in [5.41, 5.74) is -1.08. The van der Waals surface area contributed by atoms with Crippen molar-refractivity contribution in [1.82, 2.24) is 0 Å². The first kappa shape index (κ1) is 21.1. The van der Waals surface area contributed by atoms with Crippen LogP contribution in [0, 0.1) is 5.92 Å². The molecule has 6 nitrogen and oxygen atoms in total. The summed E-state index contributed by atoms with van der Waals surface area (Å²) in [5.74, 6) is -2.30. The molecule has 1 saturated heterocycles. The Kier molecular flexibility index (Phi) is 5.35. The molecule has 1 heterocycles. The van der Waals surface area contributed by atoms with Crippen molar-refractivity contribution >= 4 is 44.8 Å². The molecule has 0 saturated carbocycles. The van der Waals surface area contributed by atoms with Crippen LogP contribution in [0.3, 0.4) is 0 Å². The normalized spacial score (nSPS) is 18.7. The molecule has 0 radical (unpaired) electrons. The van der Waals surface area contributed by atoms with Crippen LogP contribution < -0.4 is 9.62 Å². The molecule has 1 aliphatic rings. The Hall–Kier alpha value is -2.59. The Morgan fingerprint density at radius 2 is 1.79 bits per heavy atom. The number of nitrogens with zero attached hydrogens (tertiary/aromatic N) is 1. The monoisotopic (exact) mass is 446 g/mol. The molecule has 1 unspecified atom stereocenters. The molecule has 2 aromatic rings. The minimum Gasteiger partial charge on any atom is -0.321 e. The van der Waals surface area contributed by atoms with E-state index in [-0.39, 0.29) is 27.7 Å². The highest BCUT2D eigenvalue weighted by Gasteiger charge is 2.41. The second-order valence-corrected chi connectivity index (χ2v) is 8.75. The average molecular weight is 447 g/mol. The van der Waals surface area contributed by atoms with E-state index in [9.17, 15) is 31.2 Å². The number of benzene rings is 2. The Labute approximate surface area is 169 Å². The van der Waals surface area contributed by atoms with E-state index < -0.39 is 39.5 Å². The molecule has 3 rings (SSSR count). The molecule has 2 aromatic carbocycles. The number of carbonyl (C=O) groups is 2. The number of sulfonamides is 1. The highest BCUT2D eigenvalue weighted by Crippen LogP contribution is 2.34. The van der Waals surface area contributed by atoms with E-state index in [0.717, 1.165) is 12.1 Å². The molecule has 0 aromatic heterocycles. The minimum absolute atomic E-state index is 0.0410. The van der Waals surface area contributed by atoms with Gasteiger partial charge in [0.1, 0.15) is 0 Å². The molecule has 11 heteroatoms. The maximum Gasteiger partial charge on any atom is 0.416 e. The quantitative estimate of drug-likeness (QED) is 0.774. The summed E-state index contributed by atoms with van der Waals surface area (Å²) in [4.78, 5) is 24.4. The van der Waals surface area contributed by atoms with Gasteiger partial charge >= 0.3 is 6.18 Å². The van der Waals surface area contributed by atoms with Crippen LogP contribution in [0.4, 0.5) is 24.5 Å². The lowest BCUT2D eigenvalue weighted by Gasteiger charge is -2.16. The number of rotatable bonds is 3. The van der Waals surface area contributed by atoms with E-state index in [1.807, 2.05) is 0 Å². The molecular weight excluding hydrogens is 433 g/mol. The largest absolute Gasteiger partial charge is 0.416 e. The smallest absolute Gasteiger partial charge is 0.321 e. The molecule has 0 bridgehead atoms. The van der Waals surface area contributed by atoms with Gasteiger partial charge in [0.25, 0.3) is 5.91 Å². The fourth-order valence-electron chi connectivity index (χ4n) is 2.83. The fraction of sp³-hybridized carbons (Fsp3) is 0.222. The molecule has 1 atom stereocenters. The molecule has 0 aliphatic carbocycles. The van der Waals surface area contributed by atoms with Gasteiger partial charge in [0, 0.05) is 5.56 Å². The van der Waals surface area contributed by atoms with Crippen molar-refractivity contribution in [1.29, 1.82) is 0 Å². The number of carbonyl (C=O) groups excluding carboxylic acids is 2. The summed E-state index contributed by atoms with van der Waals surface area (Å²) < 4.78 is 63.4. The van der Waals surface area contributed by atoms with Crippen LogP contribution in [0.1, 0.15) is 22.8 Å². The van der Waals surface area contributed by atoms with Crippen molar-refractivity contribution in [3.8, 4) is 0 Å². The van der Waals surface area contributed by atoms with Crippen molar-refractivity contribution < 1.29 is 31.2 Å². The van der Waals surface area contributed by atoms with Gasteiger partial charge in [-0.3, -0.25) is 9.59 Å². The van der Waals surface area contributed by atoms with Gasteiger partial charge in [-0.2, -0.15) is 13.2 Å². The zero-order valence-electron chi connectivity index (χ0n) is 14.8. The molecule has 29 heavy (non-hydrogen) atoms. The van der Waals surface area contributed by atoms with E-state index in [4.69, 9.17) is 11.6 Å². The van der Waals surface area contributed by atoms with Gasteiger partial charge in [-0.1, -0.05) is 18.5 Å². The van der Waals surface area contributed by atoms with E-state index in [0.29, 0.717) is 10.4 Å². The average Bonchev–Trinajstić information content (AvgIpc) is 2.83. The lowest BCUT2D eigenvalue weighted by Crippen LogP contribution is -2.30. The fourth-order valence-corrected chi connectivity index (χ4v) is 4.81. The summed E-state index contributed by atoms with van der Waals surface area (Å²) in [6, 6.07) is 7.60. The Balaban J connectivity index is 1.83. The zero-order valence-corrected chi connectivity index (χ0v) is 16.4. The van der Waals surface area contributed by atoms with Crippen molar-refractivity contribution in [2.75, 3.05) is 15.4 Å². The Morgan fingerprint density at radius 1 is 1.17 bits per heavy atom. The van der Waals surface area contributed by atoms with E-state index in [1.54, 1.807) is 0 Å². The van der Waals surface area contributed by atoms with Crippen LogP contribution >= 0.6 is 11.6 Å². The zero-order chi connectivity index (χ0) is 21.6. The first-order chi connectivity index (χ1) is 13.4. The van der Waals surface area contributed by atoms with Gasteiger partial charge in [0.15, 0.2) is 0 Å². The predicted octanol–water partition coefficient (Wildman–Crippen LogP) is 3.92. The topological polar surface area (TPSA) is 83.6 Å². The number of halogens is 4. The Bertz CT molecular complexity index is 1090. The second kappa shape index (κ2) is 7.34.